The first-order valence-electron chi connectivity index (χ1n) is 14.0. The van der Waals surface area contributed by atoms with E-state index in [1.165, 1.54) is 31.2 Å². The average Bonchev–Trinajstić information content (AvgIpc) is 3.00. The highest BCUT2D eigenvalue weighted by Gasteiger charge is 2.33. The quantitative estimate of drug-likeness (QED) is 0.0627. The molecule has 0 radical (unpaired) electrons. The number of allylic oxidation sites excluding steroid dienone is 1. The molecule has 1 aliphatic carbocycles. The molecule has 0 spiro atoms. The van der Waals surface area contributed by atoms with Crippen molar-refractivity contribution in [3.8, 4) is 0 Å². The minimum absolute atomic E-state index is 0.0231. The number of anilines is 3. The van der Waals surface area contributed by atoms with Gasteiger partial charge in [0.25, 0.3) is 26.1 Å². The second kappa shape index (κ2) is 12.9. The number of carbonyl (C=O) groups excluding carboxylic acids is 2. The Labute approximate surface area is 275 Å². The molecular weight excluding hydrogens is 661 g/mol. The molecule has 0 saturated carbocycles. The third-order valence-corrected chi connectivity index (χ3v) is 8.94. The van der Waals surface area contributed by atoms with E-state index in [9.17, 15) is 35.5 Å². The number of azo groups is 1. The number of hydrogen-bond donors (Lipinski definition) is 5. The summed E-state index contributed by atoms with van der Waals surface area (Å²) in [6.07, 6.45) is 1.03. The van der Waals surface area contributed by atoms with Gasteiger partial charge >= 0.3 is 0 Å². The van der Waals surface area contributed by atoms with E-state index < -0.39 is 41.5 Å². The van der Waals surface area contributed by atoms with Crippen LogP contribution in [0.3, 0.4) is 0 Å². The predicted molar refractivity (Wildman–Crippen MR) is 181 cm³/mol. The van der Waals surface area contributed by atoms with Gasteiger partial charge in [-0.2, -0.15) is 32.2 Å². The van der Waals surface area contributed by atoms with Gasteiger partial charge in [0.05, 0.1) is 17.1 Å². The van der Waals surface area contributed by atoms with Crippen LogP contribution < -0.4 is 16.5 Å². The van der Waals surface area contributed by atoms with E-state index in [2.05, 4.69) is 26.1 Å². The molecule has 0 atom stereocenters. The molecule has 0 fully saturated rings. The first kappa shape index (κ1) is 33.8. The van der Waals surface area contributed by atoms with Crippen molar-refractivity contribution in [3.05, 3.63) is 111 Å². The Balaban J connectivity index is 1.41. The Bertz CT molecular complexity index is 2320. The summed E-state index contributed by atoms with van der Waals surface area (Å²) in [5.41, 5.74) is 11.0. The monoisotopic (exact) mass is 688 g/mol. The van der Waals surface area contributed by atoms with Gasteiger partial charge in [-0.1, -0.05) is 6.07 Å². The second-order valence-electron chi connectivity index (χ2n) is 10.9. The summed E-state index contributed by atoms with van der Waals surface area (Å²) < 4.78 is 68.3. The molecule has 48 heavy (non-hydrogen) atoms. The van der Waals surface area contributed by atoms with Crippen molar-refractivity contribution >= 4 is 72.2 Å². The number of hydrazone groups is 1. The number of ketones is 1. The van der Waals surface area contributed by atoms with Crippen LogP contribution in [-0.2, 0) is 20.2 Å². The molecule has 0 saturated heterocycles. The van der Waals surface area contributed by atoms with Crippen LogP contribution in [0.5, 0.6) is 0 Å². The minimum Gasteiger partial charge on any atom is -0.399 e. The van der Waals surface area contributed by atoms with Gasteiger partial charge in [-0.15, -0.1) is 0 Å². The summed E-state index contributed by atoms with van der Waals surface area (Å²) in [4.78, 5) is 24.6. The van der Waals surface area contributed by atoms with Crippen molar-refractivity contribution < 1.29 is 35.5 Å². The minimum atomic E-state index is -5.00. The molecule has 0 heterocycles. The lowest BCUT2D eigenvalue weighted by molar-refractivity contribution is 0.102. The topological polar surface area (TPSA) is 230 Å². The van der Waals surface area contributed by atoms with Gasteiger partial charge in [0.2, 0.25) is 5.78 Å². The van der Waals surface area contributed by atoms with Crippen molar-refractivity contribution in [2.24, 2.45) is 15.3 Å². The van der Waals surface area contributed by atoms with E-state index >= 15 is 0 Å². The van der Waals surface area contributed by atoms with Gasteiger partial charge in [-0.05, 0) is 116 Å². The Morgan fingerprint density at radius 3 is 2.17 bits per heavy atom. The molecule has 0 unspecified atom stereocenters. The van der Waals surface area contributed by atoms with E-state index in [-0.39, 0.29) is 28.4 Å². The fraction of sp³-hybridized carbons (Fsp3) is 0.0938. The van der Waals surface area contributed by atoms with Gasteiger partial charge in [-0.25, -0.2) is 0 Å². The second-order valence-corrected chi connectivity index (χ2v) is 13.6. The number of fused-ring (bicyclic) bond motifs is 1. The molecule has 4 aromatic carbocycles. The molecule has 14 nitrogen and oxygen atoms in total. The Hall–Kier alpha value is -5.55. The van der Waals surface area contributed by atoms with Crippen molar-refractivity contribution in [2.45, 2.75) is 25.7 Å². The van der Waals surface area contributed by atoms with Crippen LogP contribution in [0.1, 0.15) is 43.0 Å². The first-order valence-corrected chi connectivity index (χ1v) is 16.9. The molecule has 0 aromatic heterocycles. The number of nitrogen functional groups attached to an aromatic ring is 1. The highest BCUT2D eigenvalue weighted by Crippen LogP contribution is 2.32. The lowest BCUT2D eigenvalue weighted by Gasteiger charge is -2.17. The maximum Gasteiger partial charge on any atom is 0.296 e. The molecule has 1 aliphatic rings. The van der Waals surface area contributed by atoms with Gasteiger partial charge < -0.3 is 11.1 Å². The molecule has 5 rings (SSSR count). The number of benzene rings is 4. The smallest absolute Gasteiger partial charge is 0.296 e. The number of Topliss-reactive ketones (excluding diaryl/α,β-unsaturated/α-hetero) is 1. The number of nitrogens with two attached hydrogens (primary N) is 1. The number of aryl methyl sites for hydroxylation is 3. The first-order chi connectivity index (χ1) is 22.5. The van der Waals surface area contributed by atoms with E-state index in [1.807, 2.05) is 0 Å². The maximum atomic E-state index is 13.4. The van der Waals surface area contributed by atoms with Crippen molar-refractivity contribution in [1.82, 2.24) is 0 Å². The fourth-order valence-corrected chi connectivity index (χ4v) is 6.33. The Morgan fingerprint density at radius 1 is 0.812 bits per heavy atom. The molecule has 1 amide bonds. The lowest BCUT2D eigenvalue weighted by Crippen LogP contribution is -2.27. The summed E-state index contributed by atoms with van der Waals surface area (Å²) in [5, 5.41) is 15.1. The number of nitrogens with zero attached hydrogens (tertiary/aromatic N) is 3. The van der Waals surface area contributed by atoms with E-state index in [1.54, 1.807) is 62.4 Å². The maximum absolute atomic E-state index is 13.4. The zero-order valence-electron chi connectivity index (χ0n) is 25.6. The normalized spacial score (nSPS) is 14.1. The van der Waals surface area contributed by atoms with Crippen LogP contribution in [0, 0.1) is 20.8 Å². The number of amides is 1. The number of nitrogens with one attached hydrogen (secondary N) is 2. The number of hydrogen-bond acceptors (Lipinski definition) is 11. The highest BCUT2D eigenvalue weighted by molar-refractivity contribution is 7.91. The van der Waals surface area contributed by atoms with Crippen LogP contribution in [0.15, 0.2) is 97.9 Å². The van der Waals surface area contributed by atoms with Crippen LogP contribution in [0.2, 0.25) is 0 Å². The molecule has 0 bridgehead atoms. The van der Waals surface area contributed by atoms with Crippen molar-refractivity contribution in [1.29, 1.82) is 0 Å². The van der Waals surface area contributed by atoms with E-state index in [0.29, 0.717) is 39.3 Å². The number of rotatable bonds is 8. The molecule has 16 heteroatoms. The summed E-state index contributed by atoms with van der Waals surface area (Å²) in [5.74, 6) is -1.21. The van der Waals surface area contributed by atoms with E-state index in [0.717, 1.165) is 6.08 Å². The largest absolute Gasteiger partial charge is 0.399 e. The Kier molecular flexibility index (Phi) is 9.10. The highest BCUT2D eigenvalue weighted by atomic mass is 32.2. The van der Waals surface area contributed by atoms with Crippen molar-refractivity contribution in [3.63, 3.8) is 0 Å². The van der Waals surface area contributed by atoms with Gasteiger partial charge in [0.15, 0.2) is 5.71 Å². The summed E-state index contributed by atoms with van der Waals surface area (Å²) >= 11 is 0. The van der Waals surface area contributed by atoms with Gasteiger partial charge in [0, 0.05) is 22.5 Å². The molecule has 0 aliphatic heterocycles. The molecule has 4 aromatic rings. The molecule has 246 valence electrons. The van der Waals surface area contributed by atoms with Gasteiger partial charge in [0.1, 0.15) is 9.80 Å². The summed E-state index contributed by atoms with van der Waals surface area (Å²) in [6.45, 7) is 4.90. The number of carbonyl (C=O) groups is 2. The van der Waals surface area contributed by atoms with Gasteiger partial charge in [-0.3, -0.25) is 24.1 Å². The zero-order chi connectivity index (χ0) is 35.0. The molecule has 6 N–H and O–H groups in total. The summed E-state index contributed by atoms with van der Waals surface area (Å²) in [6, 6.07) is 18.5. The lowest BCUT2D eigenvalue weighted by atomic mass is 9.94. The van der Waals surface area contributed by atoms with Crippen LogP contribution in [0.4, 0.5) is 28.4 Å². The third kappa shape index (κ3) is 7.37. The standard InChI is InChI=1S/C32H28N6O8S2/c1-17-12-19(3)29(27(13-17)47(41,42)43)37-38-30-28(48(44,45)46)16-21-15-24(8-10-25(21)31(30)39)35-36-26-11-9-23(14-18(26)2)34-32(40)20-4-6-22(33)7-5-20/h4-16,37H,33H2,1-3H3,(H,34,40)(H,41,42,43)(H,44,45,46). The zero-order valence-corrected chi connectivity index (χ0v) is 27.2. The van der Waals surface area contributed by atoms with Crippen LogP contribution >= 0.6 is 0 Å². The molecular formula is C32H28N6O8S2. The average molecular weight is 689 g/mol. The van der Waals surface area contributed by atoms with E-state index in [4.69, 9.17) is 5.73 Å². The summed E-state index contributed by atoms with van der Waals surface area (Å²) in [7, 11) is -9.73. The third-order valence-electron chi connectivity index (χ3n) is 7.19. The van der Waals surface area contributed by atoms with Crippen LogP contribution in [-0.4, -0.2) is 43.3 Å². The van der Waals surface area contributed by atoms with Crippen LogP contribution in [0.25, 0.3) is 6.08 Å². The van der Waals surface area contributed by atoms with Crippen molar-refractivity contribution in [2.75, 3.05) is 16.5 Å². The SMILES string of the molecule is Cc1cc(C)c(NN=C2C(=O)c3ccc(N=Nc4ccc(NC(=O)c5ccc(N)cc5)cc4C)cc3C=C2S(=O)(=O)O)c(S(=O)(=O)O)c1. The fourth-order valence-electron chi connectivity index (χ4n) is 4.87. The predicted octanol–water partition coefficient (Wildman–Crippen LogP) is 6.00. The Morgan fingerprint density at radius 2 is 1.52 bits per heavy atom.